The molecule has 1 atom stereocenters. The molecule has 0 spiro atoms. The van der Waals surface area contributed by atoms with Crippen LogP contribution in [-0.2, 0) is 28.6 Å². The van der Waals surface area contributed by atoms with E-state index in [1.165, 1.54) is 38.5 Å². The van der Waals surface area contributed by atoms with E-state index >= 15 is 0 Å². The fourth-order valence-corrected chi connectivity index (χ4v) is 5.60. The summed E-state index contributed by atoms with van der Waals surface area (Å²) in [4.78, 5) is 37.6. The zero-order valence-electron chi connectivity index (χ0n) is 35.4. The minimum Gasteiger partial charge on any atom is -0.462 e. The normalized spacial score (nSPS) is 12.9. The van der Waals surface area contributed by atoms with Crippen LogP contribution in [0.5, 0.6) is 0 Å². The summed E-state index contributed by atoms with van der Waals surface area (Å²) in [6, 6.07) is 0. The number of ether oxygens (including phenoxy) is 3. The highest BCUT2D eigenvalue weighted by Gasteiger charge is 2.19. The first-order valence-electron chi connectivity index (χ1n) is 22.1. The van der Waals surface area contributed by atoms with Crippen molar-refractivity contribution in [2.75, 3.05) is 13.2 Å². The van der Waals surface area contributed by atoms with Gasteiger partial charge in [0, 0.05) is 19.3 Å². The summed E-state index contributed by atoms with van der Waals surface area (Å²) in [5.41, 5.74) is 0. The van der Waals surface area contributed by atoms with E-state index in [0.717, 1.165) is 96.3 Å². The second-order valence-electron chi connectivity index (χ2n) is 14.2. The number of allylic oxidation sites excluding steroid dienone is 14. The minimum atomic E-state index is -0.822. The molecule has 0 N–H and O–H groups in total. The predicted octanol–water partition coefficient (Wildman–Crippen LogP) is 14.1. The Bertz CT molecular complexity index is 1110. The van der Waals surface area contributed by atoms with Gasteiger partial charge in [0.1, 0.15) is 13.2 Å². The van der Waals surface area contributed by atoms with Gasteiger partial charge in [-0.25, -0.2) is 0 Å². The zero-order chi connectivity index (χ0) is 40.1. The fourth-order valence-electron chi connectivity index (χ4n) is 5.60. The Morgan fingerprint density at radius 1 is 0.382 bits per heavy atom. The third-order valence-corrected chi connectivity index (χ3v) is 8.88. The highest BCUT2D eigenvalue weighted by molar-refractivity contribution is 5.71. The summed E-state index contributed by atoms with van der Waals surface area (Å²) >= 11 is 0. The monoisotopic (exact) mass is 765 g/mol. The van der Waals surface area contributed by atoms with Gasteiger partial charge in [-0.15, -0.1) is 0 Å². The van der Waals surface area contributed by atoms with Gasteiger partial charge < -0.3 is 14.2 Å². The molecule has 0 amide bonds. The highest BCUT2D eigenvalue weighted by atomic mass is 16.6. The molecule has 0 aliphatic heterocycles. The van der Waals surface area contributed by atoms with Crippen LogP contribution < -0.4 is 0 Å². The topological polar surface area (TPSA) is 78.9 Å². The lowest BCUT2D eigenvalue weighted by atomic mass is 10.1. The first kappa shape index (κ1) is 51.6. The van der Waals surface area contributed by atoms with Gasteiger partial charge in [0.2, 0.25) is 0 Å². The average Bonchev–Trinajstić information content (AvgIpc) is 3.18. The molecule has 0 aromatic rings. The van der Waals surface area contributed by atoms with Gasteiger partial charge in [0.05, 0.1) is 0 Å². The second-order valence-corrected chi connectivity index (χ2v) is 14.2. The van der Waals surface area contributed by atoms with Crippen LogP contribution in [-0.4, -0.2) is 37.2 Å². The minimum absolute atomic E-state index is 0.118. The molecular weight excluding hydrogens is 685 g/mol. The fraction of sp³-hybridized carbons (Fsp3) is 0.653. The summed E-state index contributed by atoms with van der Waals surface area (Å²) in [6.45, 7) is 6.27. The summed E-state index contributed by atoms with van der Waals surface area (Å²) in [5, 5.41) is 0. The standard InChI is InChI=1S/C49H80O6/c1-4-7-10-13-16-19-22-25-28-30-33-36-39-42-48(51)54-45-46(55-49(52)43-40-37-34-31-27-24-21-18-15-12-9-6-3)44-53-47(50)41-38-35-32-29-26-23-20-17-14-11-8-5-2/h8-9,11-12,17-18,20-21,25,27-28,31,33,36,46H,4-7,10,13-16,19,22-24,26,29-30,32,34-35,37-45H2,1-3H3/b11-8-,12-9-,20-17-,21-18-,28-25-,31-27-,36-33-. The lowest BCUT2D eigenvalue weighted by Gasteiger charge is -2.18. The van der Waals surface area contributed by atoms with Crippen molar-refractivity contribution >= 4 is 17.9 Å². The number of carbonyl (C=O) groups excluding carboxylic acids is 3. The summed E-state index contributed by atoms with van der Waals surface area (Å²) in [6.07, 6.45) is 54.4. The maximum Gasteiger partial charge on any atom is 0.306 e. The van der Waals surface area contributed by atoms with Crippen LogP contribution in [0.25, 0.3) is 0 Å². The van der Waals surface area contributed by atoms with Crippen molar-refractivity contribution in [1.82, 2.24) is 0 Å². The molecule has 0 heterocycles. The van der Waals surface area contributed by atoms with Crippen molar-refractivity contribution < 1.29 is 28.6 Å². The molecule has 312 valence electrons. The Labute approximate surface area is 337 Å². The highest BCUT2D eigenvalue weighted by Crippen LogP contribution is 2.11. The lowest BCUT2D eigenvalue weighted by molar-refractivity contribution is -0.166. The van der Waals surface area contributed by atoms with Gasteiger partial charge in [-0.3, -0.25) is 14.4 Å². The van der Waals surface area contributed by atoms with E-state index in [-0.39, 0.29) is 44.0 Å². The van der Waals surface area contributed by atoms with E-state index in [0.29, 0.717) is 19.3 Å². The summed E-state index contributed by atoms with van der Waals surface area (Å²) < 4.78 is 16.6. The van der Waals surface area contributed by atoms with E-state index in [9.17, 15) is 14.4 Å². The molecule has 0 aliphatic rings. The molecule has 55 heavy (non-hydrogen) atoms. The average molecular weight is 765 g/mol. The Balaban J connectivity index is 4.55. The van der Waals surface area contributed by atoms with Crippen molar-refractivity contribution in [2.45, 2.75) is 194 Å². The molecule has 0 saturated heterocycles. The largest absolute Gasteiger partial charge is 0.462 e. The van der Waals surface area contributed by atoms with Gasteiger partial charge in [-0.1, -0.05) is 157 Å². The quantitative estimate of drug-likeness (QED) is 0.0270. The van der Waals surface area contributed by atoms with E-state index in [4.69, 9.17) is 14.2 Å². The van der Waals surface area contributed by atoms with Gasteiger partial charge in [-0.05, 0) is 96.3 Å². The molecule has 1 unspecified atom stereocenters. The molecule has 0 saturated carbocycles. The number of carbonyl (C=O) groups is 3. The number of hydrogen-bond acceptors (Lipinski definition) is 6. The molecule has 0 aromatic heterocycles. The van der Waals surface area contributed by atoms with Crippen molar-refractivity contribution in [3.63, 3.8) is 0 Å². The molecule has 0 aromatic carbocycles. The molecular formula is C49H80O6. The molecule has 6 heteroatoms. The maximum absolute atomic E-state index is 12.7. The first-order valence-corrected chi connectivity index (χ1v) is 22.1. The van der Waals surface area contributed by atoms with Crippen molar-refractivity contribution in [2.24, 2.45) is 0 Å². The van der Waals surface area contributed by atoms with Crippen LogP contribution in [0, 0.1) is 0 Å². The number of hydrogen-bond donors (Lipinski definition) is 0. The maximum atomic E-state index is 12.7. The SMILES string of the molecule is CC/C=C\C/C=C\C/C=C\CCCCC(=O)OC(COC(=O)CC/C=C\C/C=C\CCCCCCCC)COC(=O)CCCCCCC/C=C\C/C=C\CC. The van der Waals surface area contributed by atoms with Crippen molar-refractivity contribution in [3.8, 4) is 0 Å². The Morgan fingerprint density at radius 2 is 0.745 bits per heavy atom. The Kier molecular flexibility index (Phi) is 40.6. The molecule has 6 nitrogen and oxygen atoms in total. The molecule has 0 radical (unpaired) electrons. The van der Waals surface area contributed by atoms with Gasteiger partial charge in [-0.2, -0.15) is 0 Å². The Hall–Kier alpha value is -3.41. The van der Waals surface area contributed by atoms with Gasteiger partial charge in [0.15, 0.2) is 6.10 Å². The third-order valence-electron chi connectivity index (χ3n) is 8.88. The predicted molar refractivity (Wildman–Crippen MR) is 233 cm³/mol. The van der Waals surface area contributed by atoms with E-state index < -0.39 is 6.10 Å². The molecule has 0 aliphatic carbocycles. The van der Waals surface area contributed by atoms with Crippen LogP contribution in [0.3, 0.4) is 0 Å². The van der Waals surface area contributed by atoms with Gasteiger partial charge in [0.25, 0.3) is 0 Å². The third kappa shape index (κ3) is 41.6. The molecule has 0 fully saturated rings. The van der Waals surface area contributed by atoms with Crippen LogP contribution >= 0.6 is 0 Å². The van der Waals surface area contributed by atoms with Crippen LogP contribution in [0.1, 0.15) is 188 Å². The summed E-state index contributed by atoms with van der Waals surface area (Å²) in [7, 11) is 0. The molecule has 0 rings (SSSR count). The molecule has 0 bridgehead atoms. The zero-order valence-corrected chi connectivity index (χ0v) is 35.4. The smallest absolute Gasteiger partial charge is 0.306 e. The van der Waals surface area contributed by atoms with Crippen LogP contribution in [0.15, 0.2) is 85.1 Å². The van der Waals surface area contributed by atoms with Crippen molar-refractivity contribution in [3.05, 3.63) is 85.1 Å². The van der Waals surface area contributed by atoms with Crippen molar-refractivity contribution in [1.29, 1.82) is 0 Å². The first-order chi connectivity index (χ1) is 27.0. The van der Waals surface area contributed by atoms with E-state index in [1.807, 2.05) is 6.08 Å². The van der Waals surface area contributed by atoms with Crippen LogP contribution in [0.4, 0.5) is 0 Å². The second kappa shape index (κ2) is 43.3. The summed E-state index contributed by atoms with van der Waals surface area (Å²) in [5.74, 6) is -1.05. The lowest BCUT2D eigenvalue weighted by Crippen LogP contribution is -2.30. The van der Waals surface area contributed by atoms with Gasteiger partial charge >= 0.3 is 17.9 Å². The van der Waals surface area contributed by atoms with Crippen LogP contribution in [0.2, 0.25) is 0 Å². The van der Waals surface area contributed by atoms with E-state index in [1.54, 1.807) is 0 Å². The number of unbranched alkanes of at least 4 members (excludes halogenated alkanes) is 13. The number of esters is 3. The van der Waals surface area contributed by atoms with E-state index in [2.05, 4.69) is 99.8 Å². The Morgan fingerprint density at radius 3 is 1.25 bits per heavy atom. The number of rotatable bonds is 38.